The summed E-state index contributed by atoms with van der Waals surface area (Å²) in [5, 5.41) is 3.45. The summed E-state index contributed by atoms with van der Waals surface area (Å²) in [6.45, 7) is 9.53. The molecule has 0 aromatic heterocycles. The average molecular weight is 281 g/mol. The van der Waals surface area contributed by atoms with Gasteiger partial charge in [-0.1, -0.05) is 12.1 Å². The molecule has 1 aromatic rings. The molecule has 0 aliphatic heterocycles. The molecule has 0 fully saturated rings. The number of hydrogen-bond acceptors (Lipinski definition) is 4. The Bertz CT molecular complexity index is 413. The van der Waals surface area contributed by atoms with Gasteiger partial charge in [0.25, 0.3) is 0 Å². The molecule has 19 heavy (non-hydrogen) atoms. The van der Waals surface area contributed by atoms with Crippen molar-refractivity contribution in [1.82, 2.24) is 5.32 Å². The molecule has 0 spiro atoms. The van der Waals surface area contributed by atoms with Gasteiger partial charge in [-0.05, 0) is 45.4 Å². The summed E-state index contributed by atoms with van der Waals surface area (Å²) in [4.78, 5) is 12.4. The Morgan fingerprint density at radius 1 is 1.37 bits per heavy atom. The fourth-order valence-electron chi connectivity index (χ4n) is 1.46. The molecule has 0 saturated carbocycles. The molecule has 1 N–H and O–H groups in total. The minimum absolute atomic E-state index is 0.105. The molecule has 0 bridgehead atoms. The smallest absolute Gasteiger partial charge is 0.316 e. The molecule has 106 valence electrons. The van der Waals surface area contributed by atoms with Gasteiger partial charge in [-0.25, -0.2) is 0 Å². The molecule has 0 aliphatic rings. The van der Waals surface area contributed by atoms with Gasteiger partial charge in [-0.3, -0.25) is 4.79 Å². The number of carbonyl (C=O) groups excluding carboxylic acids is 1. The summed E-state index contributed by atoms with van der Waals surface area (Å²) in [7, 11) is 0. The second-order valence-corrected chi connectivity index (χ2v) is 6.39. The number of hydrogen-bond donors (Lipinski definition) is 1. The molecule has 4 heteroatoms. The molecule has 0 aliphatic carbocycles. The zero-order chi connectivity index (χ0) is 14.3. The second-order valence-electron chi connectivity index (χ2n) is 5.34. The van der Waals surface area contributed by atoms with E-state index in [1.165, 1.54) is 17.3 Å². The van der Waals surface area contributed by atoms with E-state index in [0.717, 1.165) is 11.4 Å². The SMILES string of the molecule is CCOC(=O)CSc1cccc(CNC(C)(C)C)c1. The van der Waals surface area contributed by atoms with E-state index in [0.29, 0.717) is 12.4 Å². The number of thioether (sulfide) groups is 1. The first-order chi connectivity index (χ1) is 8.90. The molecular formula is C15H23NO2S. The third-order valence-corrected chi connectivity index (χ3v) is 3.35. The van der Waals surface area contributed by atoms with Crippen LogP contribution in [0.25, 0.3) is 0 Å². The molecule has 0 atom stereocenters. The molecule has 0 unspecified atom stereocenters. The summed E-state index contributed by atoms with van der Waals surface area (Å²) in [5.41, 5.74) is 1.33. The van der Waals surface area contributed by atoms with Crippen molar-refractivity contribution in [3.8, 4) is 0 Å². The van der Waals surface area contributed by atoms with Gasteiger partial charge in [0.2, 0.25) is 0 Å². The highest BCUT2D eigenvalue weighted by atomic mass is 32.2. The summed E-state index contributed by atoms with van der Waals surface area (Å²) in [5.74, 6) is 0.204. The fourth-order valence-corrected chi connectivity index (χ4v) is 2.23. The maximum atomic E-state index is 11.3. The summed E-state index contributed by atoms with van der Waals surface area (Å²) in [6, 6.07) is 8.24. The van der Waals surface area contributed by atoms with Crippen molar-refractivity contribution >= 4 is 17.7 Å². The lowest BCUT2D eigenvalue weighted by atomic mass is 10.1. The minimum Gasteiger partial charge on any atom is -0.465 e. The van der Waals surface area contributed by atoms with Gasteiger partial charge < -0.3 is 10.1 Å². The quantitative estimate of drug-likeness (QED) is 0.642. The summed E-state index contributed by atoms with van der Waals surface area (Å²) < 4.78 is 4.91. The van der Waals surface area contributed by atoms with Gasteiger partial charge in [0, 0.05) is 17.0 Å². The van der Waals surface area contributed by atoms with Gasteiger partial charge in [0.15, 0.2) is 0 Å². The number of esters is 1. The van der Waals surface area contributed by atoms with Crippen molar-refractivity contribution in [2.24, 2.45) is 0 Å². The Kier molecular flexibility index (Phi) is 6.38. The van der Waals surface area contributed by atoms with E-state index in [9.17, 15) is 4.79 Å². The van der Waals surface area contributed by atoms with Gasteiger partial charge >= 0.3 is 5.97 Å². The van der Waals surface area contributed by atoms with Crippen LogP contribution in [-0.4, -0.2) is 23.9 Å². The highest BCUT2D eigenvalue weighted by Gasteiger charge is 2.09. The van der Waals surface area contributed by atoms with E-state index in [1.807, 2.05) is 19.1 Å². The van der Waals surface area contributed by atoms with Gasteiger partial charge in [0.1, 0.15) is 0 Å². The van der Waals surface area contributed by atoms with E-state index < -0.39 is 0 Å². The maximum absolute atomic E-state index is 11.3. The van der Waals surface area contributed by atoms with Crippen LogP contribution in [0.4, 0.5) is 0 Å². The highest BCUT2D eigenvalue weighted by Crippen LogP contribution is 2.19. The lowest BCUT2D eigenvalue weighted by Gasteiger charge is -2.20. The molecule has 1 rings (SSSR count). The molecular weight excluding hydrogens is 258 g/mol. The Morgan fingerprint density at radius 3 is 2.74 bits per heavy atom. The highest BCUT2D eigenvalue weighted by molar-refractivity contribution is 8.00. The van der Waals surface area contributed by atoms with Crippen LogP contribution in [0.15, 0.2) is 29.2 Å². The molecule has 0 saturated heterocycles. The van der Waals surface area contributed by atoms with E-state index in [2.05, 4.69) is 38.2 Å². The first-order valence-corrected chi connectivity index (χ1v) is 7.51. The maximum Gasteiger partial charge on any atom is 0.316 e. The van der Waals surface area contributed by atoms with Crippen LogP contribution in [0.1, 0.15) is 33.3 Å². The standard InChI is InChI=1S/C15H23NO2S/c1-5-18-14(17)11-19-13-8-6-7-12(9-13)10-16-15(2,3)4/h6-9,16H,5,10-11H2,1-4H3. The normalized spacial score (nSPS) is 11.4. The van der Waals surface area contributed by atoms with Crippen LogP contribution >= 0.6 is 11.8 Å². The van der Waals surface area contributed by atoms with Crippen LogP contribution in [-0.2, 0) is 16.1 Å². The van der Waals surface area contributed by atoms with Crippen LogP contribution in [0.3, 0.4) is 0 Å². The molecule has 3 nitrogen and oxygen atoms in total. The Balaban J connectivity index is 2.50. The van der Waals surface area contributed by atoms with Crippen LogP contribution in [0.2, 0.25) is 0 Å². The summed E-state index contributed by atoms with van der Waals surface area (Å²) >= 11 is 1.51. The van der Waals surface area contributed by atoms with Crippen LogP contribution in [0.5, 0.6) is 0 Å². The monoisotopic (exact) mass is 281 g/mol. The van der Waals surface area contributed by atoms with Crippen molar-refractivity contribution in [2.75, 3.05) is 12.4 Å². The molecule has 1 aromatic carbocycles. The van der Waals surface area contributed by atoms with Crippen LogP contribution < -0.4 is 5.32 Å². The van der Waals surface area contributed by atoms with Crippen molar-refractivity contribution in [2.45, 2.75) is 44.7 Å². The average Bonchev–Trinajstić information content (AvgIpc) is 2.34. The molecule has 0 radical (unpaired) electrons. The van der Waals surface area contributed by atoms with E-state index in [4.69, 9.17) is 4.74 Å². The predicted molar refractivity (Wildman–Crippen MR) is 80.4 cm³/mol. The van der Waals surface area contributed by atoms with Gasteiger partial charge in [0.05, 0.1) is 12.4 Å². The van der Waals surface area contributed by atoms with Gasteiger partial charge in [-0.2, -0.15) is 0 Å². The zero-order valence-electron chi connectivity index (χ0n) is 12.2. The van der Waals surface area contributed by atoms with Crippen molar-refractivity contribution in [3.05, 3.63) is 29.8 Å². The largest absolute Gasteiger partial charge is 0.465 e. The van der Waals surface area contributed by atoms with E-state index in [1.54, 1.807) is 0 Å². The fraction of sp³-hybridized carbons (Fsp3) is 0.533. The zero-order valence-corrected chi connectivity index (χ0v) is 13.0. The lowest BCUT2D eigenvalue weighted by molar-refractivity contribution is -0.139. The molecule has 0 heterocycles. The molecule has 0 amide bonds. The Hall–Kier alpha value is -1.00. The summed E-state index contributed by atoms with van der Waals surface area (Å²) in [6.07, 6.45) is 0. The number of benzene rings is 1. The topological polar surface area (TPSA) is 38.3 Å². The van der Waals surface area contributed by atoms with E-state index >= 15 is 0 Å². The van der Waals surface area contributed by atoms with Crippen molar-refractivity contribution < 1.29 is 9.53 Å². The predicted octanol–water partition coefficient (Wildman–Crippen LogP) is 3.23. The Morgan fingerprint density at radius 2 is 2.11 bits per heavy atom. The van der Waals surface area contributed by atoms with Gasteiger partial charge in [-0.15, -0.1) is 11.8 Å². The number of rotatable bonds is 6. The van der Waals surface area contributed by atoms with Crippen LogP contribution in [0, 0.1) is 0 Å². The first kappa shape index (κ1) is 16.1. The number of nitrogens with one attached hydrogen (secondary N) is 1. The first-order valence-electron chi connectivity index (χ1n) is 6.53. The Labute approximate surface area is 120 Å². The second kappa shape index (κ2) is 7.56. The third-order valence-electron chi connectivity index (χ3n) is 2.38. The lowest BCUT2D eigenvalue weighted by Crippen LogP contribution is -2.35. The van der Waals surface area contributed by atoms with Crippen molar-refractivity contribution in [1.29, 1.82) is 0 Å². The van der Waals surface area contributed by atoms with E-state index in [-0.39, 0.29) is 11.5 Å². The minimum atomic E-state index is -0.161. The number of ether oxygens (including phenoxy) is 1. The van der Waals surface area contributed by atoms with Crippen molar-refractivity contribution in [3.63, 3.8) is 0 Å². The number of carbonyl (C=O) groups is 1. The third kappa shape index (κ3) is 7.23.